The Hall–Kier alpha value is -2.20. The van der Waals surface area contributed by atoms with Gasteiger partial charge in [-0.25, -0.2) is 9.97 Å². The van der Waals surface area contributed by atoms with Gasteiger partial charge in [-0.05, 0) is 18.9 Å². The highest BCUT2D eigenvalue weighted by Gasteiger charge is 2.30. The van der Waals surface area contributed by atoms with E-state index in [9.17, 15) is 4.79 Å². The number of rotatable bonds is 2. The third-order valence-electron chi connectivity index (χ3n) is 3.84. The zero-order valence-electron chi connectivity index (χ0n) is 11.7. The summed E-state index contributed by atoms with van der Waals surface area (Å²) in [6.45, 7) is 3.31. The van der Waals surface area contributed by atoms with E-state index in [1.54, 1.807) is 12.3 Å². The van der Waals surface area contributed by atoms with E-state index in [1.165, 1.54) is 0 Å². The third kappa shape index (κ3) is 2.95. The molecular weight excluding hydrogens is 270 g/mol. The van der Waals surface area contributed by atoms with Crippen molar-refractivity contribution in [2.75, 3.05) is 37.7 Å². The first-order valence-electron chi connectivity index (χ1n) is 7.16. The number of ether oxygens (including phenoxy) is 1. The topological polar surface area (TPSA) is 82.4 Å². The molecule has 110 valence electrons. The fourth-order valence-electron chi connectivity index (χ4n) is 2.67. The normalized spacial score (nSPS) is 22.1. The predicted octanol–water partition coefficient (Wildman–Crippen LogP) is 0.176. The van der Waals surface area contributed by atoms with Crippen LogP contribution in [0.1, 0.15) is 18.5 Å². The first-order chi connectivity index (χ1) is 10.3. The predicted molar refractivity (Wildman–Crippen MR) is 74.5 cm³/mol. The number of nitriles is 1. The van der Waals surface area contributed by atoms with Crippen molar-refractivity contribution in [3.8, 4) is 6.07 Å². The number of hydrogen-bond acceptors (Lipinski definition) is 6. The Balaban J connectivity index is 1.59. The fourth-order valence-corrected chi connectivity index (χ4v) is 2.67. The van der Waals surface area contributed by atoms with Crippen LogP contribution in [0.25, 0.3) is 0 Å². The molecule has 2 saturated heterocycles. The summed E-state index contributed by atoms with van der Waals surface area (Å²) in [5, 5.41) is 8.87. The molecule has 1 aromatic heterocycles. The monoisotopic (exact) mass is 287 g/mol. The Morgan fingerprint density at radius 3 is 2.86 bits per heavy atom. The molecule has 7 nitrogen and oxygen atoms in total. The lowest BCUT2D eigenvalue weighted by Crippen LogP contribution is -2.51. The summed E-state index contributed by atoms with van der Waals surface area (Å²) < 4.78 is 5.44. The number of aromatic nitrogens is 2. The van der Waals surface area contributed by atoms with Crippen molar-refractivity contribution in [2.24, 2.45) is 0 Å². The smallest absolute Gasteiger partial charge is 0.251 e. The van der Waals surface area contributed by atoms with Crippen LogP contribution in [-0.2, 0) is 9.53 Å². The summed E-state index contributed by atoms with van der Waals surface area (Å²) in [4.78, 5) is 24.5. The van der Waals surface area contributed by atoms with Crippen LogP contribution in [0.3, 0.4) is 0 Å². The largest absolute Gasteiger partial charge is 0.368 e. The Bertz CT molecular complexity index is 557. The first kappa shape index (κ1) is 13.8. The van der Waals surface area contributed by atoms with Crippen molar-refractivity contribution in [3.05, 3.63) is 18.0 Å². The highest BCUT2D eigenvalue weighted by atomic mass is 16.5. The third-order valence-corrected chi connectivity index (χ3v) is 3.84. The van der Waals surface area contributed by atoms with Crippen molar-refractivity contribution in [1.82, 2.24) is 14.9 Å². The Labute approximate surface area is 123 Å². The van der Waals surface area contributed by atoms with Crippen molar-refractivity contribution in [3.63, 3.8) is 0 Å². The molecule has 3 heterocycles. The molecule has 1 atom stereocenters. The van der Waals surface area contributed by atoms with Gasteiger partial charge in [0.15, 0.2) is 0 Å². The van der Waals surface area contributed by atoms with E-state index in [1.807, 2.05) is 15.9 Å². The number of hydrogen-bond donors (Lipinski definition) is 0. The summed E-state index contributed by atoms with van der Waals surface area (Å²) in [5.74, 6) is 0.650. The van der Waals surface area contributed by atoms with E-state index in [2.05, 4.69) is 9.97 Å². The van der Waals surface area contributed by atoms with Gasteiger partial charge in [0, 0.05) is 39.0 Å². The minimum atomic E-state index is -0.255. The van der Waals surface area contributed by atoms with Crippen molar-refractivity contribution >= 4 is 11.9 Å². The Kier molecular flexibility index (Phi) is 3.97. The van der Waals surface area contributed by atoms with Crippen LogP contribution in [-0.4, -0.2) is 59.7 Å². The van der Waals surface area contributed by atoms with Crippen molar-refractivity contribution in [1.29, 1.82) is 5.26 Å². The molecule has 7 heteroatoms. The van der Waals surface area contributed by atoms with Gasteiger partial charge in [-0.1, -0.05) is 0 Å². The van der Waals surface area contributed by atoms with Crippen LogP contribution in [0.5, 0.6) is 0 Å². The second-order valence-corrected chi connectivity index (χ2v) is 5.17. The van der Waals surface area contributed by atoms with Gasteiger partial charge in [0.1, 0.15) is 17.9 Å². The first-order valence-corrected chi connectivity index (χ1v) is 7.16. The van der Waals surface area contributed by atoms with Crippen molar-refractivity contribution in [2.45, 2.75) is 18.9 Å². The van der Waals surface area contributed by atoms with Gasteiger partial charge in [-0.15, -0.1) is 0 Å². The molecule has 1 amide bonds. The summed E-state index contributed by atoms with van der Waals surface area (Å²) in [5.41, 5.74) is 0.359. The lowest BCUT2D eigenvalue weighted by molar-refractivity contribution is -0.141. The van der Waals surface area contributed by atoms with E-state index < -0.39 is 0 Å². The quantitative estimate of drug-likeness (QED) is 0.771. The molecule has 0 aromatic carbocycles. The van der Waals surface area contributed by atoms with E-state index in [4.69, 9.17) is 10.00 Å². The maximum atomic E-state index is 12.3. The Morgan fingerprint density at radius 2 is 2.19 bits per heavy atom. The van der Waals surface area contributed by atoms with E-state index in [0.29, 0.717) is 44.4 Å². The zero-order valence-corrected chi connectivity index (χ0v) is 11.7. The van der Waals surface area contributed by atoms with Crippen LogP contribution in [0.2, 0.25) is 0 Å². The molecule has 0 radical (unpaired) electrons. The second-order valence-electron chi connectivity index (χ2n) is 5.17. The molecular formula is C14H17N5O2. The molecule has 1 aromatic rings. The number of carbonyl (C=O) groups excluding carboxylic acids is 1. The van der Waals surface area contributed by atoms with Gasteiger partial charge >= 0.3 is 0 Å². The molecule has 0 N–H and O–H groups in total. The highest BCUT2D eigenvalue weighted by molar-refractivity contribution is 5.81. The van der Waals surface area contributed by atoms with Crippen LogP contribution in [0, 0.1) is 11.3 Å². The number of amides is 1. The average molecular weight is 287 g/mol. The number of carbonyl (C=O) groups is 1. The zero-order chi connectivity index (χ0) is 14.7. The molecule has 0 spiro atoms. The maximum Gasteiger partial charge on any atom is 0.251 e. The lowest BCUT2D eigenvalue weighted by atomic mass is 10.2. The maximum absolute atomic E-state index is 12.3. The van der Waals surface area contributed by atoms with Gasteiger partial charge in [0.2, 0.25) is 5.95 Å². The van der Waals surface area contributed by atoms with Gasteiger partial charge in [0.05, 0.1) is 0 Å². The van der Waals surface area contributed by atoms with Crippen LogP contribution >= 0.6 is 0 Å². The lowest BCUT2D eigenvalue weighted by Gasteiger charge is -2.35. The molecule has 21 heavy (non-hydrogen) atoms. The summed E-state index contributed by atoms with van der Waals surface area (Å²) in [6, 6.07) is 3.60. The molecule has 0 saturated carbocycles. The molecule has 2 fully saturated rings. The molecule has 3 rings (SSSR count). The van der Waals surface area contributed by atoms with E-state index >= 15 is 0 Å². The molecule has 2 aliphatic heterocycles. The van der Waals surface area contributed by atoms with Gasteiger partial charge < -0.3 is 14.5 Å². The van der Waals surface area contributed by atoms with Crippen LogP contribution in [0.4, 0.5) is 5.95 Å². The average Bonchev–Trinajstić information content (AvgIpc) is 3.09. The minimum absolute atomic E-state index is 0.0962. The van der Waals surface area contributed by atoms with E-state index in [0.717, 1.165) is 12.8 Å². The molecule has 0 aliphatic carbocycles. The summed E-state index contributed by atoms with van der Waals surface area (Å²) >= 11 is 0. The molecule has 1 unspecified atom stereocenters. The Morgan fingerprint density at radius 1 is 1.38 bits per heavy atom. The van der Waals surface area contributed by atoms with Gasteiger partial charge in [-0.3, -0.25) is 4.79 Å². The van der Waals surface area contributed by atoms with Gasteiger partial charge in [0.25, 0.3) is 5.91 Å². The standard InChI is InChI=1S/C14H17N5O2/c15-10-11-3-4-16-14(17-11)19-7-5-18(6-8-19)13(20)12-2-1-9-21-12/h3-4,12H,1-2,5-9H2. The van der Waals surface area contributed by atoms with Crippen LogP contribution < -0.4 is 4.90 Å². The number of piperazine rings is 1. The van der Waals surface area contributed by atoms with Crippen molar-refractivity contribution < 1.29 is 9.53 Å². The van der Waals surface area contributed by atoms with Crippen LogP contribution in [0.15, 0.2) is 12.3 Å². The SMILES string of the molecule is N#Cc1ccnc(N2CCN(C(=O)C3CCCO3)CC2)n1. The van der Waals surface area contributed by atoms with E-state index in [-0.39, 0.29) is 12.0 Å². The summed E-state index contributed by atoms with van der Waals surface area (Å²) in [6.07, 6.45) is 3.12. The highest BCUT2D eigenvalue weighted by Crippen LogP contribution is 2.17. The minimum Gasteiger partial charge on any atom is -0.368 e. The number of anilines is 1. The number of nitrogens with zero attached hydrogens (tertiary/aromatic N) is 5. The summed E-state index contributed by atoms with van der Waals surface area (Å²) in [7, 11) is 0. The fraction of sp³-hybridized carbons (Fsp3) is 0.571. The van der Waals surface area contributed by atoms with Gasteiger partial charge in [-0.2, -0.15) is 5.26 Å². The second kappa shape index (κ2) is 6.06. The molecule has 2 aliphatic rings. The molecule has 0 bridgehead atoms.